The van der Waals surface area contributed by atoms with Crippen LogP contribution < -0.4 is 0 Å². The number of likely N-dealkylation sites (tertiary alicyclic amines) is 1. The van der Waals surface area contributed by atoms with Crippen LogP contribution >= 0.6 is 0 Å². The van der Waals surface area contributed by atoms with Gasteiger partial charge in [0.15, 0.2) is 0 Å². The van der Waals surface area contributed by atoms with E-state index in [-0.39, 0.29) is 0 Å². The highest BCUT2D eigenvalue weighted by Gasteiger charge is 2.10. The van der Waals surface area contributed by atoms with Crippen LogP contribution in [0.25, 0.3) is 0 Å². The van der Waals surface area contributed by atoms with E-state index in [0.29, 0.717) is 0 Å². The maximum atomic E-state index is 3.95. The number of nitrogens with zero attached hydrogens (tertiary/aromatic N) is 2. The largest absolute Gasteiger partial charge is 0.299 e. The van der Waals surface area contributed by atoms with Gasteiger partial charge in [0.05, 0.1) is 0 Å². The Bertz CT molecular complexity index is 227. The van der Waals surface area contributed by atoms with E-state index in [1.807, 2.05) is 12.3 Å². The fourth-order valence-electron chi connectivity index (χ4n) is 1.62. The summed E-state index contributed by atoms with van der Waals surface area (Å²) in [6.45, 7) is 3.54. The van der Waals surface area contributed by atoms with Crippen molar-refractivity contribution in [1.29, 1.82) is 0 Å². The Balaban J connectivity index is 1.94. The second-order valence-corrected chi connectivity index (χ2v) is 3.25. The topological polar surface area (TPSA) is 16.1 Å². The quantitative estimate of drug-likeness (QED) is 0.653. The van der Waals surface area contributed by atoms with Gasteiger partial charge in [0.1, 0.15) is 0 Å². The average molecular weight is 161 g/mol. The highest BCUT2D eigenvalue weighted by atomic mass is 15.1. The predicted molar refractivity (Wildman–Crippen MR) is 47.6 cm³/mol. The molecule has 1 radical (unpaired) electrons. The summed E-state index contributed by atoms with van der Waals surface area (Å²) in [5.41, 5.74) is 1.26. The predicted octanol–water partition coefficient (Wildman–Crippen LogP) is 1.48. The van der Waals surface area contributed by atoms with Gasteiger partial charge in [-0.1, -0.05) is 0 Å². The van der Waals surface area contributed by atoms with Gasteiger partial charge in [0, 0.05) is 25.0 Å². The van der Waals surface area contributed by atoms with Gasteiger partial charge in [-0.2, -0.15) is 0 Å². The van der Waals surface area contributed by atoms with Gasteiger partial charge in [0.25, 0.3) is 0 Å². The lowest BCUT2D eigenvalue weighted by Crippen LogP contribution is -2.18. The van der Waals surface area contributed by atoms with Crippen molar-refractivity contribution in [2.45, 2.75) is 19.4 Å². The van der Waals surface area contributed by atoms with Crippen LogP contribution in [0.1, 0.15) is 18.4 Å². The standard InChI is InChI=1S/C10H13N2/c1-2-8-12(7-1)9-10-3-5-11-6-4-10/h3,5-6H,1-2,7-9H2. The van der Waals surface area contributed by atoms with Gasteiger partial charge in [0.2, 0.25) is 0 Å². The molecule has 12 heavy (non-hydrogen) atoms. The van der Waals surface area contributed by atoms with Crippen molar-refractivity contribution in [3.63, 3.8) is 0 Å². The lowest BCUT2D eigenvalue weighted by atomic mass is 10.2. The molecule has 1 aromatic heterocycles. The SMILES string of the molecule is [c]1cnccc1CN1CCCC1. The van der Waals surface area contributed by atoms with Gasteiger partial charge in [-0.25, -0.2) is 0 Å². The monoisotopic (exact) mass is 161 g/mol. The Kier molecular flexibility index (Phi) is 2.37. The highest BCUT2D eigenvalue weighted by molar-refractivity contribution is 5.07. The lowest BCUT2D eigenvalue weighted by molar-refractivity contribution is 0.331. The molecule has 0 N–H and O–H groups in total. The van der Waals surface area contributed by atoms with E-state index in [1.165, 1.54) is 31.5 Å². The van der Waals surface area contributed by atoms with E-state index >= 15 is 0 Å². The highest BCUT2D eigenvalue weighted by Crippen LogP contribution is 2.11. The van der Waals surface area contributed by atoms with E-state index in [0.717, 1.165) is 6.54 Å². The molecular formula is C10H13N2. The molecular weight excluding hydrogens is 148 g/mol. The van der Waals surface area contributed by atoms with Crippen LogP contribution in [-0.4, -0.2) is 23.0 Å². The third kappa shape index (κ3) is 1.83. The van der Waals surface area contributed by atoms with Crippen molar-refractivity contribution < 1.29 is 0 Å². The van der Waals surface area contributed by atoms with Crippen LogP contribution in [0, 0.1) is 6.07 Å². The first kappa shape index (κ1) is 7.74. The average Bonchev–Trinajstić information content (AvgIpc) is 2.59. The number of aromatic nitrogens is 1. The summed E-state index contributed by atoms with van der Waals surface area (Å²) in [6.07, 6.45) is 6.28. The Morgan fingerprint density at radius 2 is 2.25 bits per heavy atom. The van der Waals surface area contributed by atoms with Gasteiger partial charge in [-0.05, 0) is 37.6 Å². The Morgan fingerprint density at radius 3 is 2.92 bits per heavy atom. The maximum Gasteiger partial charge on any atom is 0.0350 e. The molecule has 1 saturated heterocycles. The number of hydrogen-bond donors (Lipinski definition) is 0. The fourth-order valence-corrected chi connectivity index (χ4v) is 1.62. The van der Waals surface area contributed by atoms with Gasteiger partial charge in [-0.15, -0.1) is 0 Å². The minimum absolute atomic E-state index is 1.04. The molecule has 0 bridgehead atoms. The number of rotatable bonds is 2. The third-order valence-corrected chi connectivity index (χ3v) is 2.28. The molecule has 1 fully saturated rings. The zero-order chi connectivity index (χ0) is 8.23. The van der Waals surface area contributed by atoms with Crippen LogP contribution in [0.4, 0.5) is 0 Å². The zero-order valence-electron chi connectivity index (χ0n) is 7.16. The molecule has 63 valence electrons. The van der Waals surface area contributed by atoms with E-state index in [2.05, 4.69) is 16.0 Å². The number of pyridine rings is 1. The van der Waals surface area contributed by atoms with Crippen molar-refractivity contribution in [2.75, 3.05) is 13.1 Å². The van der Waals surface area contributed by atoms with Crippen LogP contribution in [0.2, 0.25) is 0 Å². The first-order valence-corrected chi connectivity index (χ1v) is 4.48. The summed E-state index contributed by atoms with van der Waals surface area (Å²) in [6, 6.07) is 5.18. The van der Waals surface area contributed by atoms with Crippen molar-refractivity contribution >= 4 is 0 Å². The van der Waals surface area contributed by atoms with Crippen molar-refractivity contribution in [1.82, 2.24) is 9.88 Å². The first-order chi connectivity index (χ1) is 5.95. The minimum atomic E-state index is 1.04. The second-order valence-electron chi connectivity index (χ2n) is 3.25. The molecule has 0 unspecified atom stereocenters. The van der Waals surface area contributed by atoms with Crippen LogP contribution in [0.3, 0.4) is 0 Å². The van der Waals surface area contributed by atoms with E-state index in [9.17, 15) is 0 Å². The summed E-state index contributed by atoms with van der Waals surface area (Å²) < 4.78 is 0. The van der Waals surface area contributed by atoms with E-state index in [1.54, 1.807) is 6.20 Å². The van der Waals surface area contributed by atoms with Crippen LogP contribution in [0.5, 0.6) is 0 Å². The van der Waals surface area contributed by atoms with E-state index in [4.69, 9.17) is 0 Å². The molecule has 0 atom stereocenters. The summed E-state index contributed by atoms with van der Waals surface area (Å²) in [4.78, 5) is 6.41. The zero-order valence-corrected chi connectivity index (χ0v) is 7.16. The minimum Gasteiger partial charge on any atom is -0.299 e. The molecule has 0 spiro atoms. The van der Waals surface area contributed by atoms with Crippen molar-refractivity contribution in [2.24, 2.45) is 0 Å². The van der Waals surface area contributed by atoms with Gasteiger partial charge in [-0.3, -0.25) is 9.88 Å². The molecule has 0 aromatic carbocycles. The van der Waals surface area contributed by atoms with Crippen molar-refractivity contribution in [3.8, 4) is 0 Å². The summed E-state index contributed by atoms with van der Waals surface area (Å²) in [7, 11) is 0. The maximum absolute atomic E-state index is 3.95. The lowest BCUT2D eigenvalue weighted by Gasteiger charge is -2.13. The second kappa shape index (κ2) is 3.68. The van der Waals surface area contributed by atoms with Gasteiger partial charge < -0.3 is 0 Å². The molecule has 1 aliphatic heterocycles. The molecule has 0 amide bonds. The van der Waals surface area contributed by atoms with Crippen LogP contribution in [0.15, 0.2) is 18.5 Å². The molecule has 1 aliphatic rings. The number of hydrogen-bond acceptors (Lipinski definition) is 2. The first-order valence-electron chi connectivity index (χ1n) is 4.48. The fraction of sp³-hybridized carbons (Fsp3) is 0.500. The summed E-state index contributed by atoms with van der Waals surface area (Å²) in [5.74, 6) is 0. The normalized spacial score (nSPS) is 18.3. The summed E-state index contributed by atoms with van der Waals surface area (Å²) >= 11 is 0. The molecule has 2 nitrogen and oxygen atoms in total. The molecule has 2 heterocycles. The van der Waals surface area contributed by atoms with E-state index < -0.39 is 0 Å². The van der Waals surface area contributed by atoms with Crippen LogP contribution in [-0.2, 0) is 6.54 Å². The Morgan fingerprint density at radius 1 is 1.42 bits per heavy atom. The Hall–Kier alpha value is -0.890. The third-order valence-electron chi connectivity index (χ3n) is 2.28. The molecule has 1 aromatic rings. The molecule has 2 heteroatoms. The Labute approximate surface area is 73.2 Å². The summed E-state index contributed by atoms with van der Waals surface area (Å²) in [5, 5.41) is 0. The molecule has 2 rings (SSSR count). The molecule has 0 saturated carbocycles. The molecule has 0 aliphatic carbocycles. The van der Waals surface area contributed by atoms with Gasteiger partial charge >= 0.3 is 0 Å². The smallest absolute Gasteiger partial charge is 0.0350 e. The van der Waals surface area contributed by atoms with Crippen molar-refractivity contribution in [3.05, 3.63) is 30.1 Å².